The zero-order valence-corrected chi connectivity index (χ0v) is 14.0. The molecule has 2 N–H and O–H groups in total. The predicted octanol–water partition coefficient (Wildman–Crippen LogP) is 2.83. The summed E-state index contributed by atoms with van der Waals surface area (Å²) in [7, 11) is 1.55. The highest BCUT2D eigenvalue weighted by Gasteiger charge is 2.09. The van der Waals surface area contributed by atoms with Crippen LogP contribution in [-0.2, 0) is 16.1 Å². The molecule has 1 heterocycles. The van der Waals surface area contributed by atoms with Crippen molar-refractivity contribution < 1.29 is 18.7 Å². The number of H-pyrrole nitrogens is 1. The molecule has 134 valence electrons. The molecule has 0 aliphatic heterocycles. The summed E-state index contributed by atoms with van der Waals surface area (Å²) in [6.07, 6.45) is 0. The van der Waals surface area contributed by atoms with E-state index in [0.29, 0.717) is 17.8 Å². The molecule has 0 saturated carbocycles. The second-order valence-corrected chi connectivity index (χ2v) is 5.62. The van der Waals surface area contributed by atoms with Gasteiger partial charge in [0, 0.05) is 24.2 Å². The maximum absolute atomic E-state index is 13.5. The van der Waals surface area contributed by atoms with Crippen LogP contribution in [0, 0.1) is 5.82 Å². The topological polar surface area (TPSA) is 80.4 Å². The number of rotatable bonds is 6. The first-order chi connectivity index (χ1) is 12.6. The van der Waals surface area contributed by atoms with E-state index in [4.69, 9.17) is 9.47 Å². The third kappa shape index (κ3) is 4.07. The second-order valence-electron chi connectivity index (χ2n) is 5.62. The lowest BCUT2D eigenvalue weighted by atomic mass is 10.1. The van der Waals surface area contributed by atoms with Crippen LogP contribution in [0.1, 0.15) is 5.56 Å². The van der Waals surface area contributed by atoms with E-state index in [2.05, 4.69) is 10.3 Å². The number of anilines is 1. The van der Waals surface area contributed by atoms with Gasteiger partial charge in [0.2, 0.25) is 5.56 Å². The van der Waals surface area contributed by atoms with E-state index in [1.54, 1.807) is 31.4 Å². The van der Waals surface area contributed by atoms with Gasteiger partial charge in [-0.3, -0.25) is 9.59 Å². The summed E-state index contributed by atoms with van der Waals surface area (Å²) >= 11 is 0. The van der Waals surface area contributed by atoms with Gasteiger partial charge >= 0.3 is 0 Å². The molecule has 2 aromatic carbocycles. The molecule has 0 spiro atoms. The summed E-state index contributed by atoms with van der Waals surface area (Å²) in [6.45, 7) is -0.0260. The van der Waals surface area contributed by atoms with Gasteiger partial charge in [-0.05, 0) is 29.8 Å². The number of carbonyl (C=O) groups excluding carboxylic acids is 1. The van der Waals surface area contributed by atoms with Crippen LogP contribution in [0.5, 0.6) is 5.75 Å². The van der Waals surface area contributed by atoms with Gasteiger partial charge in [-0.1, -0.05) is 18.2 Å². The monoisotopic (exact) mass is 356 g/mol. The summed E-state index contributed by atoms with van der Waals surface area (Å²) in [5, 5.41) is 3.48. The zero-order chi connectivity index (χ0) is 18.5. The molecule has 3 aromatic rings. The lowest BCUT2D eigenvalue weighted by Gasteiger charge is -2.10. The minimum absolute atomic E-state index is 0.00898. The van der Waals surface area contributed by atoms with Crippen LogP contribution < -0.4 is 15.6 Å². The molecule has 0 aliphatic rings. The maximum Gasteiger partial charge on any atom is 0.262 e. The van der Waals surface area contributed by atoms with Crippen molar-refractivity contribution in [2.24, 2.45) is 0 Å². The van der Waals surface area contributed by atoms with E-state index < -0.39 is 11.7 Å². The molecule has 3 rings (SSSR count). The summed E-state index contributed by atoms with van der Waals surface area (Å²) in [6, 6.07) is 12.5. The Labute approximate surface area is 148 Å². The lowest BCUT2D eigenvalue weighted by molar-refractivity contribution is -0.118. The molecule has 1 aromatic heterocycles. The number of hydrogen-bond donors (Lipinski definition) is 2. The molecular formula is C19H17FN2O4. The Bertz CT molecular complexity index is 1000. The van der Waals surface area contributed by atoms with Gasteiger partial charge in [0.15, 0.2) is 18.2 Å². The Balaban J connectivity index is 1.73. The Morgan fingerprint density at radius 3 is 2.77 bits per heavy atom. The minimum Gasteiger partial charge on any atom is -0.481 e. The Hall–Kier alpha value is -3.19. The number of methoxy groups -OCH3 is 1. The Kier molecular flexibility index (Phi) is 5.28. The molecule has 0 atom stereocenters. The molecule has 6 nitrogen and oxygen atoms in total. The van der Waals surface area contributed by atoms with E-state index in [1.807, 2.05) is 0 Å². The summed E-state index contributed by atoms with van der Waals surface area (Å²) < 4.78 is 23.7. The third-order valence-electron chi connectivity index (χ3n) is 3.71. The fourth-order valence-electron chi connectivity index (χ4n) is 2.59. The van der Waals surface area contributed by atoms with Crippen LogP contribution in [-0.4, -0.2) is 24.6 Å². The highest BCUT2D eigenvalue weighted by molar-refractivity contribution is 5.94. The summed E-state index contributed by atoms with van der Waals surface area (Å²) in [5.74, 6) is -0.966. The van der Waals surface area contributed by atoms with Gasteiger partial charge < -0.3 is 19.8 Å². The van der Waals surface area contributed by atoms with Crippen LogP contribution in [0.3, 0.4) is 0 Å². The van der Waals surface area contributed by atoms with Crippen molar-refractivity contribution >= 4 is 22.5 Å². The number of ether oxygens (including phenoxy) is 2. The van der Waals surface area contributed by atoms with Crippen molar-refractivity contribution in [3.8, 4) is 5.75 Å². The number of carbonyl (C=O) groups is 1. The fourth-order valence-corrected chi connectivity index (χ4v) is 2.59. The number of nitrogens with one attached hydrogen (secondary N) is 2. The molecule has 0 fully saturated rings. The zero-order valence-electron chi connectivity index (χ0n) is 14.0. The van der Waals surface area contributed by atoms with Crippen LogP contribution in [0.25, 0.3) is 10.9 Å². The molecule has 0 saturated heterocycles. The highest BCUT2D eigenvalue weighted by atomic mass is 19.1. The van der Waals surface area contributed by atoms with E-state index in [-0.39, 0.29) is 17.9 Å². The molecule has 0 radical (unpaired) electrons. The van der Waals surface area contributed by atoms with E-state index in [0.717, 1.165) is 10.9 Å². The van der Waals surface area contributed by atoms with Crippen LogP contribution in [0.2, 0.25) is 0 Å². The van der Waals surface area contributed by atoms with Crippen molar-refractivity contribution in [1.29, 1.82) is 0 Å². The normalized spacial score (nSPS) is 10.7. The van der Waals surface area contributed by atoms with Crippen LogP contribution in [0.4, 0.5) is 10.1 Å². The molecule has 26 heavy (non-hydrogen) atoms. The molecule has 0 bridgehead atoms. The van der Waals surface area contributed by atoms with Gasteiger partial charge in [-0.2, -0.15) is 0 Å². The lowest BCUT2D eigenvalue weighted by Crippen LogP contribution is -2.20. The second kappa shape index (κ2) is 7.79. The Morgan fingerprint density at radius 2 is 2.00 bits per heavy atom. The highest BCUT2D eigenvalue weighted by Crippen LogP contribution is 2.20. The first-order valence-electron chi connectivity index (χ1n) is 7.89. The first kappa shape index (κ1) is 17.6. The first-order valence-corrected chi connectivity index (χ1v) is 7.89. The number of hydrogen-bond acceptors (Lipinski definition) is 4. The third-order valence-corrected chi connectivity index (χ3v) is 3.71. The molecule has 7 heteroatoms. The Morgan fingerprint density at radius 1 is 1.19 bits per heavy atom. The average Bonchev–Trinajstić information content (AvgIpc) is 2.61. The standard InChI is InChI=1S/C19H17FN2O4/c1-25-10-12-8-18(23)22-16-9-13(6-7-14(12)16)21-19(24)11-26-17-5-3-2-4-15(17)20/h2-9H,10-11H2,1H3,(H,21,24)(H,22,23). The number of pyridine rings is 1. The van der Waals surface area contributed by atoms with Gasteiger partial charge in [-0.25, -0.2) is 4.39 Å². The van der Waals surface area contributed by atoms with Gasteiger partial charge in [0.05, 0.1) is 12.1 Å². The largest absolute Gasteiger partial charge is 0.481 e. The number of halogens is 1. The summed E-state index contributed by atoms with van der Waals surface area (Å²) in [4.78, 5) is 26.5. The number of aromatic amines is 1. The molecular weight excluding hydrogens is 339 g/mol. The van der Waals surface area contributed by atoms with Crippen molar-refractivity contribution in [3.05, 3.63) is 70.3 Å². The quantitative estimate of drug-likeness (QED) is 0.712. The van der Waals surface area contributed by atoms with E-state index in [9.17, 15) is 14.0 Å². The van der Waals surface area contributed by atoms with Crippen molar-refractivity contribution in [3.63, 3.8) is 0 Å². The van der Waals surface area contributed by atoms with Crippen molar-refractivity contribution in [1.82, 2.24) is 4.98 Å². The number of fused-ring (bicyclic) bond motifs is 1. The van der Waals surface area contributed by atoms with Crippen LogP contribution >= 0.6 is 0 Å². The molecule has 0 aliphatic carbocycles. The predicted molar refractivity (Wildman–Crippen MR) is 95.8 cm³/mol. The molecule has 1 amide bonds. The number of amides is 1. The minimum atomic E-state index is -0.533. The van der Waals surface area contributed by atoms with Gasteiger partial charge in [0.25, 0.3) is 5.91 Å². The number of benzene rings is 2. The fraction of sp³-hybridized carbons (Fsp3) is 0.158. The van der Waals surface area contributed by atoms with E-state index in [1.165, 1.54) is 24.3 Å². The molecule has 0 unspecified atom stereocenters. The SMILES string of the molecule is COCc1cc(=O)[nH]c2cc(NC(=O)COc3ccccc3F)ccc12. The summed E-state index contributed by atoms with van der Waals surface area (Å²) in [5.41, 5.74) is 1.57. The number of aromatic nitrogens is 1. The maximum atomic E-state index is 13.5. The number of para-hydroxylation sites is 1. The van der Waals surface area contributed by atoms with Crippen LogP contribution in [0.15, 0.2) is 53.3 Å². The average molecular weight is 356 g/mol. The van der Waals surface area contributed by atoms with Crippen molar-refractivity contribution in [2.75, 3.05) is 19.0 Å². The van der Waals surface area contributed by atoms with E-state index >= 15 is 0 Å². The van der Waals surface area contributed by atoms with Gasteiger partial charge in [-0.15, -0.1) is 0 Å². The van der Waals surface area contributed by atoms with Gasteiger partial charge in [0.1, 0.15) is 0 Å². The smallest absolute Gasteiger partial charge is 0.262 e. The van der Waals surface area contributed by atoms with Crippen molar-refractivity contribution in [2.45, 2.75) is 6.61 Å².